The van der Waals surface area contributed by atoms with Gasteiger partial charge < -0.3 is 20.1 Å². The SMILES string of the molecule is COCCCOCCN1CCC(N)CC1. The average Bonchev–Trinajstić information content (AvgIpc) is 2.26. The maximum atomic E-state index is 5.83. The Labute approximate surface area is 92.7 Å². The molecular weight excluding hydrogens is 192 g/mol. The van der Waals surface area contributed by atoms with Gasteiger partial charge in [0, 0.05) is 32.9 Å². The number of methoxy groups -OCH3 is 1. The molecule has 1 aliphatic heterocycles. The molecule has 0 aromatic rings. The standard InChI is InChI=1S/C11H24N2O2/c1-14-8-2-9-15-10-7-13-5-3-11(12)4-6-13/h11H,2-10,12H2,1H3. The van der Waals surface area contributed by atoms with Gasteiger partial charge in [-0.15, -0.1) is 0 Å². The van der Waals surface area contributed by atoms with Crippen LogP contribution in [-0.2, 0) is 9.47 Å². The third-order valence-corrected chi connectivity index (χ3v) is 2.82. The summed E-state index contributed by atoms with van der Waals surface area (Å²) in [6, 6.07) is 0.420. The van der Waals surface area contributed by atoms with E-state index in [-0.39, 0.29) is 0 Å². The van der Waals surface area contributed by atoms with Crippen LogP contribution in [0, 0.1) is 0 Å². The molecule has 1 fully saturated rings. The maximum absolute atomic E-state index is 5.83. The smallest absolute Gasteiger partial charge is 0.0593 e. The number of rotatable bonds is 7. The molecule has 0 aromatic heterocycles. The average molecular weight is 216 g/mol. The highest BCUT2D eigenvalue weighted by Gasteiger charge is 2.14. The van der Waals surface area contributed by atoms with Crippen molar-refractivity contribution in [2.75, 3.05) is 46.6 Å². The van der Waals surface area contributed by atoms with Gasteiger partial charge in [0.2, 0.25) is 0 Å². The lowest BCUT2D eigenvalue weighted by Crippen LogP contribution is -2.41. The van der Waals surface area contributed by atoms with Crippen LogP contribution in [0.2, 0.25) is 0 Å². The van der Waals surface area contributed by atoms with Crippen molar-refractivity contribution in [3.05, 3.63) is 0 Å². The van der Waals surface area contributed by atoms with Crippen LogP contribution >= 0.6 is 0 Å². The van der Waals surface area contributed by atoms with Crippen LogP contribution in [0.25, 0.3) is 0 Å². The normalized spacial score (nSPS) is 19.6. The molecule has 0 unspecified atom stereocenters. The molecular formula is C11H24N2O2. The molecule has 4 heteroatoms. The molecule has 2 N–H and O–H groups in total. The van der Waals surface area contributed by atoms with Crippen molar-refractivity contribution in [3.63, 3.8) is 0 Å². The zero-order valence-electron chi connectivity index (χ0n) is 9.78. The third kappa shape index (κ3) is 6.10. The highest BCUT2D eigenvalue weighted by molar-refractivity contribution is 4.73. The summed E-state index contributed by atoms with van der Waals surface area (Å²) in [5.41, 5.74) is 5.83. The first-order valence-electron chi connectivity index (χ1n) is 5.87. The number of nitrogens with two attached hydrogens (primary N) is 1. The van der Waals surface area contributed by atoms with Gasteiger partial charge in [-0.2, -0.15) is 0 Å². The zero-order valence-corrected chi connectivity index (χ0v) is 9.78. The summed E-state index contributed by atoms with van der Waals surface area (Å²) in [5, 5.41) is 0. The lowest BCUT2D eigenvalue weighted by Gasteiger charge is -2.29. The van der Waals surface area contributed by atoms with Crippen LogP contribution in [0.15, 0.2) is 0 Å². The van der Waals surface area contributed by atoms with E-state index in [0.717, 1.165) is 58.7 Å². The molecule has 0 amide bonds. The second kappa shape index (κ2) is 8.05. The van der Waals surface area contributed by atoms with Crippen molar-refractivity contribution in [1.82, 2.24) is 4.90 Å². The molecule has 1 rings (SSSR count). The third-order valence-electron chi connectivity index (χ3n) is 2.82. The van der Waals surface area contributed by atoms with Crippen molar-refractivity contribution < 1.29 is 9.47 Å². The minimum Gasteiger partial charge on any atom is -0.385 e. The monoisotopic (exact) mass is 216 g/mol. The van der Waals surface area contributed by atoms with Crippen LogP contribution in [0.4, 0.5) is 0 Å². The quantitative estimate of drug-likeness (QED) is 0.628. The van der Waals surface area contributed by atoms with Gasteiger partial charge in [-0.25, -0.2) is 0 Å². The molecule has 0 aromatic carbocycles. The number of nitrogens with zero attached hydrogens (tertiary/aromatic N) is 1. The van der Waals surface area contributed by atoms with Crippen LogP contribution in [-0.4, -0.2) is 57.5 Å². The molecule has 0 saturated carbocycles. The van der Waals surface area contributed by atoms with Gasteiger partial charge >= 0.3 is 0 Å². The fourth-order valence-electron chi connectivity index (χ4n) is 1.78. The maximum Gasteiger partial charge on any atom is 0.0593 e. The second-order valence-electron chi connectivity index (χ2n) is 4.14. The lowest BCUT2D eigenvalue weighted by atomic mass is 10.1. The molecule has 0 radical (unpaired) electrons. The lowest BCUT2D eigenvalue weighted by molar-refractivity contribution is 0.0776. The minimum atomic E-state index is 0.420. The molecule has 0 atom stereocenters. The van der Waals surface area contributed by atoms with Gasteiger partial charge in [0.1, 0.15) is 0 Å². The van der Waals surface area contributed by atoms with E-state index in [4.69, 9.17) is 15.2 Å². The molecule has 0 bridgehead atoms. The summed E-state index contributed by atoms with van der Waals surface area (Å²) in [7, 11) is 1.72. The van der Waals surface area contributed by atoms with Gasteiger partial charge in [0.25, 0.3) is 0 Å². The van der Waals surface area contributed by atoms with E-state index in [2.05, 4.69) is 4.90 Å². The van der Waals surface area contributed by atoms with Crippen molar-refractivity contribution in [2.24, 2.45) is 5.73 Å². The van der Waals surface area contributed by atoms with Crippen molar-refractivity contribution in [3.8, 4) is 0 Å². The Kier molecular flexibility index (Phi) is 6.92. The summed E-state index contributed by atoms with van der Waals surface area (Å²) in [5.74, 6) is 0. The fraction of sp³-hybridized carbons (Fsp3) is 1.00. The largest absolute Gasteiger partial charge is 0.385 e. The Morgan fingerprint density at radius 3 is 2.60 bits per heavy atom. The molecule has 0 aliphatic carbocycles. The second-order valence-corrected chi connectivity index (χ2v) is 4.14. The van der Waals surface area contributed by atoms with E-state index >= 15 is 0 Å². The minimum absolute atomic E-state index is 0.420. The number of hydrogen-bond donors (Lipinski definition) is 1. The van der Waals surface area contributed by atoms with Gasteiger partial charge in [0.05, 0.1) is 6.61 Å². The summed E-state index contributed by atoms with van der Waals surface area (Å²) < 4.78 is 10.5. The molecule has 0 spiro atoms. The van der Waals surface area contributed by atoms with Crippen LogP contribution in [0.3, 0.4) is 0 Å². The molecule has 4 nitrogen and oxygen atoms in total. The highest BCUT2D eigenvalue weighted by atomic mass is 16.5. The van der Waals surface area contributed by atoms with E-state index in [1.807, 2.05) is 0 Å². The molecule has 15 heavy (non-hydrogen) atoms. The first-order chi connectivity index (χ1) is 7.33. The van der Waals surface area contributed by atoms with Crippen LogP contribution in [0.1, 0.15) is 19.3 Å². The summed E-state index contributed by atoms with van der Waals surface area (Å²) >= 11 is 0. The fourth-order valence-corrected chi connectivity index (χ4v) is 1.78. The van der Waals surface area contributed by atoms with Gasteiger partial charge in [-0.3, -0.25) is 0 Å². The van der Waals surface area contributed by atoms with E-state index in [1.54, 1.807) is 7.11 Å². The van der Waals surface area contributed by atoms with Crippen LogP contribution < -0.4 is 5.73 Å². The Balaban J connectivity index is 1.87. The van der Waals surface area contributed by atoms with Crippen molar-refractivity contribution in [1.29, 1.82) is 0 Å². The summed E-state index contributed by atoms with van der Waals surface area (Å²) in [6.07, 6.45) is 3.24. The Bertz CT molecular complexity index is 148. The first kappa shape index (κ1) is 12.9. The first-order valence-corrected chi connectivity index (χ1v) is 5.87. The van der Waals surface area contributed by atoms with E-state index in [1.165, 1.54) is 0 Å². The Hall–Kier alpha value is -0.160. The molecule has 1 saturated heterocycles. The van der Waals surface area contributed by atoms with E-state index in [0.29, 0.717) is 6.04 Å². The number of likely N-dealkylation sites (tertiary alicyclic amines) is 1. The number of piperidine rings is 1. The zero-order chi connectivity index (χ0) is 10.9. The van der Waals surface area contributed by atoms with Gasteiger partial charge in [0.15, 0.2) is 0 Å². The molecule has 1 aliphatic rings. The van der Waals surface area contributed by atoms with E-state index in [9.17, 15) is 0 Å². The summed E-state index contributed by atoms with van der Waals surface area (Å²) in [6.45, 7) is 5.73. The predicted octanol–water partition coefficient (Wildman–Crippen LogP) is 0.463. The van der Waals surface area contributed by atoms with Crippen LogP contribution in [0.5, 0.6) is 0 Å². The predicted molar refractivity (Wildman–Crippen MR) is 61.0 cm³/mol. The molecule has 1 heterocycles. The van der Waals surface area contributed by atoms with E-state index < -0.39 is 0 Å². The Morgan fingerprint density at radius 1 is 1.20 bits per heavy atom. The van der Waals surface area contributed by atoms with Gasteiger partial charge in [-0.05, 0) is 32.4 Å². The Morgan fingerprint density at radius 2 is 1.93 bits per heavy atom. The number of hydrogen-bond acceptors (Lipinski definition) is 4. The number of ether oxygens (including phenoxy) is 2. The topological polar surface area (TPSA) is 47.7 Å². The van der Waals surface area contributed by atoms with Gasteiger partial charge in [-0.1, -0.05) is 0 Å². The summed E-state index contributed by atoms with van der Waals surface area (Å²) in [4.78, 5) is 2.43. The van der Waals surface area contributed by atoms with Crippen molar-refractivity contribution in [2.45, 2.75) is 25.3 Å². The highest BCUT2D eigenvalue weighted by Crippen LogP contribution is 2.07. The molecule has 90 valence electrons. The van der Waals surface area contributed by atoms with Crippen molar-refractivity contribution >= 4 is 0 Å².